The number of ether oxygens (including phenoxy) is 1. The van der Waals surface area contributed by atoms with Crippen molar-refractivity contribution < 1.29 is 4.74 Å². The molecule has 0 aliphatic rings. The number of aromatic nitrogens is 1. The molecule has 0 spiro atoms. The minimum atomic E-state index is 0.425. The van der Waals surface area contributed by atoms with Crippen molar-refractivity contribution in [3.63, 3.8) is 0 Å². The van der Waals surface area contributed by atoms with Crippen LogP contribution in [0.3, 0.4) is 0 Å². The summed E-state index contributed by atoms with van der Waals surface area (Å²) in [6.45, 7) is 7.39. The zero-order chi connectivity index (χ0) is 16.5. The van der Waals surface area contributed by atoms with Crippen molar-refractivity contribution in [1.82, 2.24) is 9.88 Å². The molecule has 128 valence electrons. The molecule has 2 rings (SSSR count). The highest BCUT2D eigenvalue weighted by Crippen LogP contribution is 2.33. The van der Waals surface area contributed by atoms with E-state index < -0.39 is 0 Å². The maximum Gasteiger partial charge on any atom is 0.111 e. The third kappa shape index (κ3) is 5.27. The van der Waals surface area contributed by atoms with E-state index in [4.69, 9.17) is 9.72 Å². The van der Waals surface area contributed by atoms with Crippen LogP contribution in [-0.4, -0.2) is 36.7 Å². The lowest BCUT2D eigenvalue weighted by Crippen LogP contribution is -2.32. The Balaban J connectivity index is 2.22. The Kier molecular flexibility index (Phi) is 8.00. The lowest BCUT2D eigenvalue weighted by molar-refractivity contribution is 0.114. The van der Waals surface area contributed by atoms with Gasteiger partial charge in [0.05, 0.1) is 22.9 Å². The first-order valence-corrected chi connectivity index (χ1v) is 9.70. The van der Waals surface area contributed by atoms with Gasteiger partial charge < -0.3 is 4.74 Å². The zero-order valence-corrected chi connectivity index (χ0v) is 15.6. The van der Waals surface area contributed by atoms with E-state index in [-0.39, 0.29) is 0 Å². The maximum atomic E-state index is 5.33. The summed E-state index contributed by atoms with van der Waals surface area (Å²) < 4.78 is 6.63. The Morgan fingerprint density at radius 1 is 1.13 bits per heavy atom. The van der Waals surface area contributed by atoms with Gasteiger partial charge in [0.2, 0.25) is 0 Å². The molecule has 4 heteroatoms. The van der Waals surface area contributed by atoms with E-state index in [0.717, 1.165) is 25.2 Å². The molecule has 1 atom stereocenters. The van der Waals surface area contributed by atoms with E-state index in [1.165, 1.54) is 41.8 Å². The molecule has 23 heavy (non-hydrogen) atoms. The van der Waals surface area contributed by atoms with E-state index in [1.807, 2.05) is 11.3 Å². The number of thiazole rings is 1. The van der Waals surface area contributed by atoms with Crippen molar-refractivity contribution >= 4 is 21.6 Å². The first kappa shape index (κ1) is 18.4. The summed E-state index contributed by atoms with van der Waals surface area (Å²) in [4.78, 5) is 7.51. The fourth-order valence-electron chi connectivity index (χ4n) is 3.00. The first-order chi connectivity index (χ1) is 11.3. The van der Waals surface area contributed by atoms with Gasteiger partial charge >= 0.3 is 0 Å². The molecule has 1 aromatic carbocycles. The lowest BCUT2D eigenvalue weighted by atomic mass is 10.1. The maximum absolute atomic E-state index is 5.33. The van der Waals surface area contributed by atoms with Crippen LogP contribution in [0.4, 0.5) is 0 Å². The summed E-state index contributed by atoms with van der Waals surface area (Å²) in [6.07, 6.45) is 6.19. The third-order valence-corrected chi connectivity index (χ3v) is 5.35. The SMILES string of the molecule is CCCCCC(c1nc2ccccc2s1)N(CCC)CCOC. The average Bonchev–Trinajstić information content (AvgIpc) is 2.99. The number of hydrogen-bond donors (Lipinski definition) is 0. The summed E-state index contributed by atoms with van der Waals surface area (Å²) in [6, 6.07) is 8.91. The quantitative estimate of drug-likeness (QED) is 0.523. The summed E-state index contributed by atoms with van der Waals surface area (Å²) in [5.74, 6) is 0. The van der Waals surface area contributed by atoms with Crippen molar-refractivity contribution in [3.05, 3.63) is 29.3 Å². The third-order valence-electron chi connectivity index (χ3n) is 4.21. The highest BCUT2D eigenvalue weighted by molar-refractivity contribution is 7.18. The standard InChI is InChI=1S/C19H30N2OS/c1-4-6-7-11-17(21(13-5-2)14-15-22-3)19-20-16-10-8-9-12-18(16)23-19/h8-10,12,17H,4-7,11,13-15H2,1-3H3. The van der Waals surface area contributed by atoms with Crippen molar-refractivity contribution in [1.29, 1.82) is 0 Å². The number of fused-ring (bicyclic) bond motifs is 1. The molecule has 0 N–H and O–H groups in total. The number of rotatable bonds is 11. The van der Waals surface area contributed by atoms with Crippen LogP contribution in [0, 0.1) is 0 Å². The van der Waals surface area contributed by atoms with Crippen LogP contribution < -0.4 is 0 Å². The normalized spacial score (nSPS) is 13.0. The van der Waals surface area contributed by atoms with Crippen molar-refractivity contribution in [2.75, 3.05) is 26.8 Å². The largest absolute Gasteiger partial charge is 0.383 e. The lowest BCUT2D eigenvalue weighted by Gasteiger charge is -2.30. The molecule has 0 aliphatic heterocycles. The second-order valence-corrected chi connectivity index (χ2v) is 7.12. The predicted octanol–water partition coefficient (Wildman–Crippen LogP) is 5.28. The summed E-state index contributed by atoms with van der Waals surface area (Å²) >= 11 is 1.86. The van der Waals surface area contributed by atoms with Crippen molar-refractivity contribution in [2.45, 2.75) is 52.0 Å². The second kappa shape index (κ2) is 10.0. The van der Waals surface area contributed by atoms with Gasteiger partial charge in [0.15, 0.2) is 0 Å². The molecule has 0 radical (unpaired) electrons. The average molecular weight is 335 g/mol. The van der Waals surface area contributed by atoms with Crippen molar-refractivity contribution in [3.8, 4) is 0 Å². The van der Waals surface area contributed by atoms with Gasteiger partial charge in [-0.3, -0.25) is 4.90 Å². The molecule has 0 amide bonds. The highest BCUT2D eigenvalue weighted by Gasteiger charge is 2.22. The molecular formula is C19H30N2OS. The van der Waals surface area contributed by atoms with Gasteiger partial charge in [-0.25, -0.2) is 4.98 Å². The van der Waals surface area contributed by atoms with E-state index in [0.29, 0.717) is 6.04 Å². The summed E-state index contributed by atoms with van der Waals surface area (Å²) in [5, 5.41) is 1.27. The molecule has 1 heterocycles. The Morgan fingerprint density at radius 3 is 2.65 bits per heavy atom. The Morgan fingerprint density at radius 2 is 1.96 bits per heavy atom. The van der Waals surface area contributed by atoms with Crippen LogP contribution in [0.2, 0.25) is 0 Å². The van der Waals surface area contributed by atoms with Crippen LogP contribution in [0.15, 0.2) is 24.3 Å². The van der Waals surface area contributed by atoms with Crippen LogP contribution in [0.5, 0.6) is 0 Å². The number of para-hydroxylation sites is 1. The van der Waals surface area contributed by atoms with E-state index >= 15 is 0 Å². The molecule has 0 saturated carbocycles. The van der Waals surface area contributed by atoms with Gasteiger partial charge in [-0.05, 0) is 31.5 Å². The fourth-order valence-corrected chi connectivity index (χ4v) is 4.14. The molecule has 0 saturated heterocycles. The van der Waals surface area contributed by atoms with Gasteiger partial charge in [0.1, 0.15) is 5.01 Å². The van der Waals surface area contributed by atoms with Gasteiger partial charge in [-0.15, -0.1) is 11.3 Å². The van der Waals surface area contributed by atoms with Gasteiger partial charge in [0, 0.05) is 13.7 Å². The van der Waals surface area contributed by atoms with Crippen LogP contribution >= 0.6 is 11.3 Å². The minimum absolute atomic E-state index is 0.425. The first-order valence-electron chi connectivity index (χ1n) is 8.88. The molecule has 1 unspecified atom stereocenters. The van der Waals surface area contributed by atoms with Crippen LogP contribution in [0.1, 0.15) is 57.0 Å². The van der Waals surface area contributed by atoms with Gasteiger partial charge in [-0.1, -0.05) is 45.2 Å². The molecule has 3 nitrogen and oxygen atoms in total. The molecule has 0 aliphatic carbocycles. The summed E-state index contributed by atoms with van der Waals surface area (Å²) in [7, 11) is 1.79. The number of methoxy groups -OCH3 is 1. The Bertz CT molecular complexity index is 536. The second-order valence-electron chi connectivity index (χ2n) is 6.06. The monoisotopic (exact) mass is 334 g/mol. The van der Waals surface area contributed by atoms with Crippen molar-refractivity contribution in [2.24, 2.45) is 0 Å². The topological polar surface area (TPSA) is 25.4 Å². The van der Waals surface area contributed by atoms with Crippen LogP contribution in [0.25, 0.3) is 10.2 Å². The number of unbranched alkanes of at least 4 members (excludes halogenated alkanes) is 2. The molecular weight excluding hydrogens is 304 g/mol. The molecule has 0 bridgehead atoms. The number of benzene rings is 1. The molecule has 0 fully saturated rings. The van der Waals surface area contributed by atoms with Gasteiger partial charge in [0.25, 0.3) is 0 Å². The molecule has 2 aromatic rings. The predicted molar refractivity (Wildman–Crippen MR) is 100 cm³/mol. The Labute approximate surface area is 144 Å². The zero-order valence-electron chi connectivity index (χ0n) is 14.8. The number of hydrogen-bond acceptors (Lipinski definition) is 4. The van der Waals surface area contributed by atoms with E-state index in [2.05, 4.69) is 43.0 Å². The fraction of sp³-hybridized carbons (Fsp3) is 0.632. The minimum Gasteiger partial charge on any atom is -0.383 e. The molecule has 1 aromatic heterocycles. The smallest absolute Gasteiger partial charge is 0.111 e. The Hall–Kier alpha value is -0.970. The van der Waals surface area contributed by atoms with E-state index in [9.17, 15) is 0 Å². The summed E-state index contributed by atoms with van der Waals surface area (Å²) in [5.41, 5.74) is 1.14. The van der Waals surface area contributed by atoms with Crippen LogP contribution in [-0.2, 0) is 4.74 Å². The van der Waals surface area contributed by atoms with Gasteiger partial charge in [-0.2, -0.15) is 0 Å². The number of nitrogens with zero attached hydrogens (tertiary/aromatic N) is 2. The highest BCUT2D eigenvalue weighted by atomic mass is 32.1. The van der Waals surface area contributed by atoms with E-state index in [1.54, 1.807) is 7.11 Å².